The van der Waals surface area contributed by atoms with Gasteiger partial charge in [-0.15, -0.1) is 0 Å². The predicted octanol–water partition coefficient (Wildman–Crippen LogP) is 3.10. The molecule has 0 saturated carbocycles. The summed E-state index contributed by atoms with van der Waals surface area (Å²) < 4.78 is 12.9. The van der Waals surface area contributed by atoms with Crippen LogP contribution in [-0.2, 0) is 4.79 Å². The number of hydrogen-bond acceptors (Lipinski definition) is 2. The molecule has 0 saturated heterocycles. The Kier molecular flexibility index (Phi) is 5.76. The maximum atomic E-state index is 12.9. The first-order chi connectivity index (χ1) is 9.35. The minimum atomic E-state index is -1.11. The molecule has 0 aliphatic heterocycles. The van der Waals surface area contributed by atoms with E-state index in [4.69, 9.17) is 16.7 Å². The van der Waals surface area contributed by atoms with Crippen LogP contribution in [0.2, 0.25) is 5.02 Å². The Morgan fingerprint density at radius 2 is 2.10 bits per heavy atom. The van der Waals surface area contributed by atoms with Gasteiger partial charge in [-0.25, -0.2) is 14.0 Å². The van der Waals surface area contributed by atoms with Crippen molar-refractivity contribution in [3.8, 4) is 0 Å². The Balaban J connectivity index is 2.73. The van der Waals surface area contributed by atoms with Crippen LogP contribution in [0.15, 0.2) is 18.2 Å². The number of carboxylic acids is 1. The quantitative estimate of drug-likeness (QED) is 0.782. The van der Waals surface area contributed by atoms with E-state index in [0.29, 0.717) is 6.42 Å². The van der Waals surface area contributed by atoms with Gasteiger partial charge in [-0.3, -0.25) is 0 Å². The molecule has 1 rings (SSSR count). The minimum absolute atomic E-state index is 0.0376. The maximum Gasteiger partial charge on any atom is 0.326 e. The lowest BCUT2D eigenvalue weighted by Crippen LogP contribution is -2.46. The average molecular weight is 303 g/mol. The van der Waals surface area contributed by atoms with Crippen molar-refractivity contribution >= 4 is 29.3 Å². The van der Waals surface area contributed by atoms with E-state index in [1.807, 2.05) is 6.92 Å². The highest BCUT2D eigenvalue weighted by Gasteiger charge is 2.25. The first-order valence-corrected chi connectivity index (χ1v) is 6.48. The van der Waals surface area contributed by atoms with E-state index in [1.54, 1.807) is 6.92 Å². The molecule has 0 aliphatic carbocycles. The summed E-state index contributed by atoms with van der Waals surface area (Å²) in [5, 5.41) is 13.8. The van der Waals surface area contributed by atoms with Crippen molar-refractivity contribution in [3.63, 3.8) is 0 Å². The third kappa shape index (κ3) is 4.38. The zero-order valence-electron chi connectivity index (χ0n) is 11.1. The Morgan fingerprint density at radius 1 is 1.45 bits per heavy atom. The zero-order chi connectivity index (χ0) is 15.3. The predicted molar refractivity (Wildman–Crippen MR) is 74.4 cm³/mol. The van der Waals surface area contributed by atoms with Crippen molar-refractivity contribution in [1.82, 2.24) is 5.32 Å². The van der Waals surface area contributed by atoms with Gasteiger partial charge >= 0.3 is 12.0 Å². The van der Waals surface area contributed by atoms with E-state index < -0.39 is 23.9 Å². The van der Waals surface area contributed by atoms with E-state index in [2.05, 4.69) is 10.6 Å². The second-order valence-corrected chi connectivity index (χ2v) is 4.83. The number of aliphatic carboxylic acids is 1. The SMILES string of the molecule is CC[C@H](C)[C@H](NC(=O)Nc1ccc(F)cc1Cl)C(=O)O. The number of carbonyl (C=O) groups is 2. The molecule has 0 aromatic heterocycles. The van der Waals surface area contributed by atoms with Crippen LogP contribution in [-0.4, -0.2) is 23.1 Å². The molecule has 0 heterocycles. The van der Waals surface area contributed by atoms with Crippen LogP contribution in [0.1, 0.15) is 20.3 Å². The summed E-state index contributed by atoms with van der Waals surface area (Å²) in [6, 6.07) is 1.80. The van der Waals surface area contributed by atoms with E-state index in [0.717, 1.165) is 12.1 Å². The monoisotopic (exact) mass is 302 g/mol. The van der Waals surface area contributed by atoms with Crippen molar-refractivity contribution in [1.29, 1.82) is 0 Å². The normalized spacial score (nSPS) is 13.4. The fraction of sp³-hybridized carbons (Fsp3) is 0.385. The van der Waals surface area contributed by atoms with Gasteiger partial charge in [0.15, 0.2) is 0 Å². The van der Waals surface area contributed by atoms with Crippen molar-refractivity contribution in [2.45, 2.75) is 26.3 Å². The van der Waals surface area contributed by atoms with Crippen molar-refractivity contribution in [2.24, 2.45) is 5.92 Å². The third-order valence-electron chi connectivity index (χ3n) is 2.94. The number of carbonyl (C=O) groups excluding carboxylic acids is 1. The standard InChI is InChI=1S/C13H16ClFN2O3/c1-3-7(2)11(12(18)19)17-13(20)16-10-5-4-8(15)6-9(10)14/h4-7,11H,3H2,1-2H3,(H,18,19)(H2,16,17,20)/t7-,11-/m0/s1. The summed E-state index contributed by atoms with van der Waals surface area (Å²) >= 11 is 5.76. The summed E-state index contributed by atoms with van der Waals surface area (Å²) in [6.07, 6.45) is 0.606. The summed E-state index contributed by atoms with van der Waals surface area (Å²) in [4.78, 5) is 22.8. The molecule has 2 atom stereocenters. The summed E-state index contributed by atoms with van der Waals surface area (Å²) in [5.74, 6) is -1.86. The topological polar surface area (TPSA) is 78.4 Å². The zero-order valence-corrected chi connectivity index (χ0v) is 11.9. The third-order valence-corrected chi connectivity index (χ3v) is 3.26. The van der Waals surface area contributed by atoms with Crippen LogP contribution < -0.4 is 10.6 Å². The molecule has 0 aliphatic rings. The van der Waals surface area contributed by atoms with Crippen molar-refractivity contribution < 1.29 is 19.1 Å². The second kappa shape index (κ2) is 7.09. The molecule has 0 radical (unpaired) electrons. The number of anilines is 1. The molecule has 1 aromatic carbocycles. The van der Waals surface area contributed by atoms with E-state index in [1.165, 1.54) is 6.07 Å². The summed E-state index contributed by atoms with van der Waals surface area (Å²) in [6.45, 7) is 3.56. The maximum absolute atomic E-state index is 12.9. The molecule has 0 unspecified atom stereocenters. The van der Waals surface area contributed by atoms with Gasteiger partial charge in [-0.1, -0.05) is 31.9 Å². The number of rotatable bonds is 5. The van der Waals surface area contributed by atoms with Crippen LogP contribution in [0.3, 0.4) is 0 Å². The highest BCUT2D eigenvalue weighted by Crippen LogP contribution is 2.22. The molecule has 0 bridgehead atoms. The molecular formula is C13H16ClFN2O3. The Bertz CT molecular complexity index is 510. The molecule has 1 aromatic rings. The number of nitrogens with one attached hydrogen (secondary N) is 2. The lowest BCUT2D eigenvalue weighted by molar-refractivity contribution is -0.140. The van der Waals surface area contributed by atoms with Gasteiger partial charge in [0.25, 0.3) is 0 Å². The molecule has 2 amide bonds. The van der Waals surface area contributed by atoms with Crippen LogP contribution in [0.4, 0.5) is 14.9 Å². The fourth-order valence-electron chi connectivity index (χ4n) is 1.57. The molecule has 20 heavy (non-hydrogen) atoms. The molecule has 5 nitrogen and oxygen atoms in total. The van der Waals surface area contributed by atoms with Gasteiger partial charge in [0.2, 0.25) is 0 Å². The van der Waals surface area contributed by atoms with Crippen LogP contribution in [0, 0.1) is 11.7 Å². The number of amides is 2. The Hall–Kier alpha value is -1.82. The number of benzene rings is 1. The van der Waals surface area contributed by atoms with Gasteiger partial charge in [-0.2, -0.15) is 0 Å². The van der Waals surface area contributed by atoms with Gasteiger partial charge < -0.3 is 15.7 Å². The highest BCUT2D eigenvalue weighted by atomic mass is 35.5. The number of halogens is 2. The van der Waals surface area contributed by atoms with Gasteiger partial charge in [0.1, 0.15) is 11.9 Å². The van der Waals surface area contributed by atoms with Crippen LogP contribution in [0.5, 0.6) is 0 Å². The van der Waals surface area contributed by atoms with Gasteiger partial charge in [-0.05, 0) is 24.1 Å². The van der Waals surface area contributed by atoms with Crippen molar-refractivity contribution in [3.05, 3.63) is 29.0 Å². The number of urea groups is 1. The first kappa shape index (κ1) is 16.2. The Morgan fingerprint density at radius 3 is 2.60 bits per heavy atom. The summed E-state index contributed by atoms with van der Waals surface area (Å²) in [5.41, 5.74) is 0.207. The molecule has 7 heteroatoms. The van der Waals surface area contributed by atoms with E-state index >= 15 is 0 Å². The van der Waals surface area contributed by atoms with Crippen LogP contribution >= 0.6 is 11.6 Å². The smallest absolute Gasteiger partial charge is 0.326 e. The van der Waals surface area contributed by atoms with Crippen molar-refractivity contribution in [2.75, 3.05) is 5.32 Å². The average Bonchev–Trinajstić information content (AvgIpc) is 2.38. The largest absolute Gasteiger partial charge is 0.480 e. The number of hydrogen-bond donors (Lipinski definition) is 3. The molecular weight excluding hydrogens is 287 g/mol. The molecule has 0 fully saturated rings. The minimum Gasteiger partial charge on any atom is -0.480 e. The van der Waals surface area contributed by atoms with Gasteiger partial charge in [0.05, 0.1) is 10.7 Å². The highest BCUT2D eigenvalue weighted by molar-refractivity contribution is 6.33. The van der Waals surface area contributed by atoms with E-state index in [-0.39, 0.29) is 16.6 Å². The number of carboxylic acid groups (broad SMARTS) is 1. The molecule has 3 N–H and O–H groups in total. The van der Waals surface area contributed by atoms with E-state index in [9.17, 15) is 14.0 Å². The second-order valence-electron chi connectivity index (χ2n) is 4.42. The first-order valence-electron chi connectivity index (χ1n) is 6.10. The lowest BCUT2D eigenvalue weighted by atomic mass is 9.99. The molecule has 110 valence electrons. The van der Waals surface area contributed by atoms with Gasteiger partial charge in [0, 0.05) is 0 Å². The Labute approximate surface area is 121 Å². The summed E-state index contributed by atoms with van der Waals surface area (Å²) in [7, 11) is 0. The van der Waals surface area contributed by atoms with Crippen LogP contribution in [0.25, 0.3) is 0 Å². The lowest BCUT2D eigenvalue weighted by Gasteiger charge is -2.20. The molecule has 0 spiro atoms. The fourth-order valence-corrected chi connectivity index (χ4v) is 1.79.